The minimum absolute atomic E-state index is 0.0881. The topological polar surface area (TPSA) is 94.8 Å². The minimum atomic E-state index is -0.310. The van der Waals surface area contributed by atoms with Crippen LogP contribution in [-0.2, 0) is 20.8 Å². The lowest BCUT2D eigenvalue weighted by molar-refractivity contribution is -0.151. The fraction of sp³-hybridized carbons (Fsp3) is 0.737. The number of aromatic nitrogens is 4. The highest BCUT2D eigenvalue weighted by Gasteiger charge is 2.47. The zero-order valence-corrected chi connectivity index (χ0v) is 16.4. The van der Waals surface area contributed by atoms with Gasteiger partial charge in [-0.3, -0.25) is 0 Å². The van der Waals surface area contributed by atoms with Crippen molar-refractivity contribution in [2.45, 2.75) is 38.0 Å². The van der Waals surface area contributed by atoms with E-state index in [9.17, 15) is 5.11 Å². The fourth-order valence-electron chi connectivity index (χ4n) is 4.66. The predicted octanol–water partition coefficient (Wildman–Crippen LogP) is 0.610. The van der Waals surface area contributed by atoms with Gasteiger partial charge in [-0.1, -0.05) is 0 Å². The van der Waals surface area contributed by atoms with Gasteiger partial charge in [0.1, 0.15) is 11.9 Å². The third-order valence-electron chi connectivity index (χ3n) is 5.95. The molecule has 0 radical (unpaired) electrons. The van der Waals surface area contributed by atoms with Gasteiger partial charge in [-0.05, 0) is 13.8 Å². The molecule has 3 aliphatic rings. The van der Waals surface area contributed by atoms with Crippen molar-refractivity contribution >= 4 is 17.0 Å². The Morgan fingerprint density at radius 3 is 2.64 bits per heavy atom. The fourth-order valence-corrected chi connectivity index (χ4v) is 4.66. The van der Waals surface area contributed by atoms with Gasteiger partial charge in [-0.25, -0.2) is 15.0 Å². The van der Waals surface area contributed by atoms with Crippen LogP contribution in [0.5, 0.6) is 0 Å². The van der Waals surface area contributed by atoms with Crippen molar-refractivity contribution in [2.75, 3.05) is 51.0 Å². The molecule has 5 rings (SSSR count). The zero-order valence-electron chi connectivity index (χ0n) is 16.4. The summed E-state index contributed by atoms with van der Waals surface area (Å²) in [6.45, 7) is 8.83. The lowest BCUT2D eigenvalue weighted by atomic mass is 9.87. The highest BCUT2D eigenvalue weighted by Crippen LogP contribution is 2.38. The van der Waals surface area contributed by atoms with Crippen LogP contribution in [0, 0.1) is 5.41 Å². The lowest BCUT2D eigenvalue weighted by Gasteiger charge is -2.48. The van der Waals surface area contributed by atoms with Crippen molar-refractivity contribution in [1.29, 1.82) is 0 Å². The van der Waals surface area contributed by atoms with Crippen LogP contribution in [0.4, 0.5) is 5.82 Å². The second-order valence-corrected chi connectivity index (χ2v) is 9.10. The first-order valence-electron chi connectivity index (χ1n) is 9.81. The maximum Gasteiger partial charge on any atom is 0.165 e. The van der Waals surface area contributed by atoms with Gasteiger partial charge in [0, 0.05) is 26.1 Å². The summed E-state index contributed by atoms with van der Waals surface area (Å²) in [5.41, 5.74) is 0.709. The average Bonchev–Trinajstić information content (AvgIpc) is 3.23. The molecule has 1 spiro atoms. The van der Waals surface area contributed by atoms with Gasteiger partial charge in [0.2, 0.25) is 0 Å². The van der Waals surface area contributed by atoms with E-state index in [0.29, 0.717) is 26.4 Å². The highest BCUT2D eigenvalue weighted by molar-refractivity contribution is 5.83. The number of morpholine rings is 1. The summed E-state index contributed by atoms with van der Waals surface area (Å²) in [4.78, 5) is 16.0. The van der Waals surface area contributed by atoms with Crippen molar-refractivity contribution in [3.05, 3.63) is 12.7 Å². The monoisotopic (exact) mass is 389 g/mol. The Morgan fingerprint density at radius 1 is 1.11 bits per heavy atom. The third kappa shape index (κ3) is 2.97. The molecule has 0 aliphatic carbocycles. The number of nitrogens with zero attached hydrogens (tertiary/aromatic N) is 5. The zero-order chi connectivity index (χ0) is 19.4. The van der Waals surface area contributed by atoms with Crippen LogP contribution in [0.1, 0.15) is 20.3 Å². The molecule has 0 amide bonds. The van der Waals surface area contributed by atoms with Crippen LogP contribution in [0.2, 0.25) is 0 Å². The van der Waals surface area contributed by atoms with E-state index in [4.69, 9.17) is 14.2 Å². The Labute approximate surface area is 163 Å². The van der Waals surface area contributed by atoms with E-state index in [1.54, 1.807) is 12.7 Å². The molecule has 0 saturated carbocycles. The molecule has 9 heteroatoms. The van der Waals surface area contributed by atoms with Crippen LogP contribution in [0.3, 0.4) is 0 Å². The molecule has 1 N–H and O–H groups in total. The maximum atomic E-state index is 9.76. The molecular formula is C19H27N5O4. The highest BCUT2D eigenvalue weighted by atomic mass is 16.6. The van der Waals surface area contributed by atoms with Gasteiger partial charge in [-0.2, -0.15) is 0 Å². The Hall–Kier alpha value is -1.81. The summed E-state index contributed by atoms with van der Waals surface area (Å²) in [5.74, 6) is 0.828. The summed E-state index contributed by atoms with van der Waals surface area (Å²) >= 11 is 0. The molecule has 3 aliphatic heterocycles. The number of hydrogen-bond acceptors (Lipinski definition) is 8. The van der Waals surface area contributed by atoms with E-state index < -0.39 is 0 Å². The van der Waals surface area contributed by atoms with Crippen molar-refractivity contribution in [1.82, 2.24) is 19.5 Å². The first-order chi connectivity index (χ1) is 13.4. The number of rotatable bonds is 4. The van der Waals surface area contributed by atoms with Crippen LogP contribution in [0.25, 0.3) is 11.2 Å². The Bertz CT molecular complexity index is 867. The summed E-state index contributed by atoms with van der Waals surface area (Å²) in [6.07, 6.45) is 4.27. The van der Waals surface area contributed by atoms with Crippen molar-refractivity contribution in [3.8, 4) is 0 Å². The normalized spacial score (nSPS) is 28.8. The van der Waals surface area contributed by atoms with E-state index in [1.165, 1.54) is 0 Å². The number of hydrogen-bond donors (Lipinski definition) is 1. The van der Waals surface area contributed by atoms with Gasteiger partial charge in [0.15, 0.2) is 17.0 Å². The van der Waals surface area contributed by atoms with Gasteiger partial charge in [0.25, 0.3) is 0 Å². The number of aliphatic hydroxyl groups excluding tert-OH is 1. The average molecular weight is 389 g/mol. The van der Waals surface area contributed by atoms with Gasteiger partial charge >= 0.3 is 0 Å². The Balaban J connectivity index is 1.49. The molecule has 0 bridgehead atoms. The van der Waals surface area contributed by atoms with E-state index in [1.807, 2.05) is 4.57 Å². The van der Waals surface area contributed by atoms with Gasteiger partial charge < -0.3 is 28.8 Å². The molecule has 3 saturated heterocycles. The summed E-state index contributed by atoms with van der Waals surface area (Å²) < 4.78 is 19.4. The van der Waals surface area contributed by atoms with Crippen LogP contribution in [-0.4, -0.2) is 82.0 Å². The van der Waals surface area contributed by atoms with Crippen LogP contribution < -0.4 is 4.90 Å². The molecule has 2 aromatic heterocycles. The standard InChI is InChI=1S/C19H27N5O4/c1-17(2)5-23(7-19(28-17)3-4-26-11-19)15-14-16(21-12-20-15)24(13-22-14)6-18(8-25)9-27-10-18/h12-13,25H,3-11H2,1-2H3. The van der Waals surface area contributed by atoms with E-state index >= 15 is 0 Å². The molecule has 1 unspecified atom stereocenters. The molecule has 2 aromatic rings. The first-order valence-corrected chi connectivity index (χ1v) is 9.81. The molecule has 152 valence electrons. The van der Waals surface area contributed by atoms with Crippen molar-refractivity contribution < 1.29 is 19.3 Å². The Kier molecular flexibility index (Phi) is 4.13. The molecular weight excluding hydrogens is 362 g/mol. The quantitative estimate of drug-likeness (QED) is 0.813. The van der Waals surface area contributed by atoms with E-state index in [2.05, 4.69) is 33.7 Å². The van der Waals surface area contributed by atoms with Crippen molar-refractivity contribution in [3.63, 3.8) is 0 Å². The second kappa shape index (κ2) is 6.35. The summed E-state index contributed by atoms with van der Waals surface area (Å²) in [7, 11) is 0. The number of anilines is 1. The SMILES string of the molecule is CC1(C)CN(c2ncnc3c2ncn3CC2(CO)COC2)CC2(CCOC2)O1. The lowest BCUT2D eigenvalue weighted by Crippen LogP contribution is -2.60. The van der Waals surface area contributed by atoms with Gasteiger partial charge in [0.05, 0.1) is 50.3 Å². The smallest absolute Gasteiger partial charge is 0.165 e. The Morgan fingerprint density at radius 2 is 1.96 bits per heavy atom. The predicted molar refractivity (Wildman–Crippen MR) is 101 cm³/mol. The van der Waals surface area contributed by atoms with Crippen LogP contribution >= 0.6 is 0 Å². The number of ether oxygens (including phenoxy) is 3. The van der Waals surface area contributed by atoms with Crippen molar-refractivity contribution in [2.24, 2.45) is 5.41 Å². The molecule has 9 nitrogen and oxygen atoms in total. The molecule has 0 aromatic carbocycles. The third-order valence-corrected chi connectivity index (χ3v) is 5.95. The number of fused-ring (bicyclic) bond motifs is 1. The minimum Gasteiger partial charge on any atom is -0.396 e. The number of aliphatic hydroxyl groups is 1. The number of imidazole rings is 1. The van der Waals surface area contributed by atoms with E-state index in [-0.39, 0.29) is 23.2 Å². The molecule has 28 heavy (non-hydrogen) atoms. The molecule has 3 fully saturated rings. The van der Waals surface area contributed by atoms with Crippen LogP contribution in [0.15, 0.2) is 12.7 Å². The molecule has 5 heterocycles. The second-order valence-electron chi connectivity index (χ2n) is 9.10. The first kappa shape index (κ1) is 18.2. The molecule has 1 atom stereocenters. The van der Waals surface area contributed by atoms with E-state index in [0.717, 1.165) is 43.1 Å². The maximum absolute atomic E-state index is 9.76. The summed E-state index contributed by atoms with van der Waals surface area (Å²) in [5, 5.41) is 9.76. The summed E-state index contributed by atoms with van der Waals surface area (Å²) in [6, 6.07) is 0. The largest absolute Gasteiger partial charge is 0.396 e. The van der Waals surface area contributed by atoms with Gasteiger partial charge in [-0.15, -0.1) is 0 Å².